The molecule has 2 rings (SSSR count). The number of hydrogen-bond donors (Lipinski definition) is 0. The maximum absolute atomic E-state index is 9.16. The van der Waals surface area contributed by atoms with Gasteiger partial charge >= 0.3 is 0 Å². The second-order valence-electron chi connectivity index (χ2n) is 4.39. The Kier molecular flexibility index (Phi) is 3.76. The highest BCUT2D eigenvalue weighted by Crippen LogP contribution is 2.22. The molecule has 0 aliphatic carbocycles. The van der Waals surface area contributed by atoms with Crippen LogP contribution in [0.25, 0.3) is 0 Å². The van der Waals surface area contributed by atoms with Crippen LogP contribution in [0.3, 0.4) is 0 Å². The summed E-state index contributed by atoms with van der Waals surface area (Å²) in [7, 11) is 0. The minimum absolute atomic E-state index is 0.351. The third kappa shape index (κ3) is 2.89. The summed E-state index contributed by atoms with van der Waals surface area (Å²) >= 11 is 0. The third-order valence-corrected chi connectivity index (χ3v) is 2.89. The summed E-state index contributed by atoms with van der Waals surface area (Å²) < 4.78 is 5.73. The van der Waals surface area contributed by atoms with Crippen LogP contribution in [0.2, 0.25) is 0 Å². The van der Waals surface area contributed by atoms with E-state index < -0.39 is 0 Å². The van der Waals surface area contributed by atoms with E-state index in [2.05, 4.69) is 16.0 Å². The van der Waals surface area contributed by atoms with Crippen LogP contribution < -0.4 is 4.74 Å². The predicted octanol–water partition coefficient (Wildman–Crippen LogP) is 2.85. The number of ether oxygens (including phenoxy) is 1. The van der Waals surface area contributed by atoms with Crippen LogP contribution in [-0.2, 0) is 6.61 Å². The summed E-state index contributed by atoms with van der Waals surface area (Å²) in [6.45, 7) is 6.03. The van der Waals surface area contributed by atoms with Gasteiger partial charge in [0, 0.05) is 18.0 Å². The van der Waals surface area contributed by atoms with Crippen molar-refractivity contribution in [3.05, 3.63) is 52.6 Å². The van der Waals surface area contributed by atoms with Gasteiger partial charge in [0.1, 0.15) is 24.0 Å². The van der Waals surface area contributed by atoms with Crippen molar-refractivity contribution in [2.45, 2.75) is 27.4 Å². The summed E-state index contributed by atoms with van der Waals surface area (Å²) in [5.41, 5.74) is 3.96. The molecule has 19 heavy (non-hydrogen) atoms. The average Bonchev–Trinajstić information content (AvgIpc) is 2.37. The SMILES string of the molecule is Cc1cc(OCc2ncccc2C)c(C#N)c(C)n1. The molecular formula is C15H15N3O. The summed E-state index contributed by atoms with van der Waals surface area (Å²) in [4.78, 5) is 8.53. The van der Waals surface area contributed by atoms with Gasteiger partial charge < -0.3 is 4.74 Å². The minimum atomic E-state index is 0.351. The lowest BCUT2D eigenvalue weighted by Gasteiger charge is -2.11. The Morgan fingerprint density at radius 3 is 2.79 bits per heavy atom. The van der Waals surface area contributed by atoms with Crippen LogP contribution in [-0.4, -0.2) is 9.97 Å². The second-order valence-corrected chi connectivity index (χ2v) is 4.39. The van der Waals surface area contributed by atoms with Crippen molar-refractivity contribution in [1.29, 1.82) is 5.26 Å². The lowest BCUT2D eigenvalue weighted by atomic mass is 10.2. The number of nitrogens with zero attached hydrogens (tertiary/aromatic N) is 3. The fraction of sp³-hybridized carbons (Fsp3) is 0.267. The molecule has 0 aromatic carbocycles. The molecule has 0 spiro atoms. The topological polar surface area (TPSA) is 58.8 Å². The largest absolute Gasteiger partial charge is 0.486 e. The first-order valence-electron chi connectivity index (χ1n) is 6.03. The first kappa shape index (κ1) is 13.0. The van der Waals surface area contributed by atoms with Gasteiger partial charge in [0.05, 0.1) is 11.4 Å². The minimum Gasteiger partial charge on any atom is -0.486 e. The van der Waals surface area contributed by atoms with Crippen LogP contribution in [0.4, 0.5) is 0 Å². The number of pyridine rings is 2. The van der Waals surface area contributed by atoms with E-state index in [0.29, 0.717) is 23.6 Å². The molecule has 96 valence electrons. The second kappa shape index (κ2) is 5.49. The van der Waals surface area contributed by atoms with E-state index in [-0.39, 0.29) is 0 Å². The van der Waals surface area contributed by atoms with Crippen LogP contribution in [0.1, 0.15) is 28.2 Å². The molecule has 0 aliphatic heterocycles. The third-order valence-electron chi connectivity index (χ3n) is 2.89. The molecule has 0 saturated heterocycles. The number of nitriles is 1. The average molecular weight is 253 g/mol. The van der Waals surface area contributed by atoms with E-state index in [0.717, 1.165) is 17.0 Å². The first-order valence-corrected chi connectivity index (χ1v) is 6.03. The molecule has 0 unspecified atom stereocenters. The normalized spacial score (nSPS) is 10.0. The summed E-state index contributed by atoms with van der Waals surface area (Å²) in [5, 5.41) is 9.16. The molecule has 0 amide bonds. The van der Waals surface area contributed by atoms with Gasteiger partial charge in [-0.3, -0.25) is 9.97 Å². The van der Waals surface area contributed by atoms with E-state index in [1.807, 2.05) is 32.9 Å². The van der Waals surface area contributed by atoms with Gasteiger partial charge in [0.25, 0.3) is 0 Å². The standard InChI is InChI=1S/C15H15N3O/c1-10-5-4-6-17-14(10)9-19-15-7-11(2)18-12(3)13(15)8-16/h4-7H,9H2,1-3H3. The Hall–Kier alpha value is -2.41. The molecule has 2 aromatic heterocycles. The Bertz CT molecular complexity index is 644. The van der Waals surface area contributed by atoms with Gasteiger partial charge in [0.2, 0.25) is 0 Å². The predicted molar refractivity (Wildman–Crippen MR) is 71.7 cm³/mol. The van der Waals surface area contributed by atoms with Crippen molar-refractivity contribution < 1.29 is 4.74 Å². The lowest BCUT2D eigenvalue weighted by Crippen LogP contribution is -2.03. The van der Waals surface area contributed by atoms with Crippen molar-refractivity contribution in [2.24, 2.45) is 0 Å². The van der Waals surface area contributed by atoms with Crippen molar-refractivity contribution in [2.75, 3.05) is 0 Å². The zero-order chi connectivity index (χ0) is 13.8. The molecule has 4 nitrogen and oxygen atoms in total. The molecule has 0 atom stereocenters. The fourth-order valence-corrected chi connectivity index (χ4v) is 1.86. The Morgan fingerprint density at radius 1 is 1.32 bits per heavy atom. The summed E-state index contributed by atoms with van der Waals surface area (Å²) in [6, 6.07) is 7.79. The fourth-order valence-electron chi connectivity index (χ4n) is 1.86. The van der Waals surface area contributed by atoms with E-state index in [9.17, 15) is 0 Å². The maximum atomic E-state index is 9.16. The monoisotopic (exact) mass is 253 g/mol. The lowest BCUT2D eigenvalue weighted by molar-refractivity contribution is 0.298. The molecule has 4 heteroatoms. The van der Waals surface area contributed by atoms with Crippen LogP contribution in [0.15, 0.2) is 24.4 Å². The van der Waals surface area contributed by atoms with Gasteiger partial charge in [-0.1, -0.05) is 6.07 Å². The number of hydrogen-bond acceptors (Lipinski definition) is 4. The molecule has 0 fully saturated rings. The van der Waals surface area contributed by atoms with Crippen molar-refractivity contribution in [1.82, 2.24) is 9.97 Å². The van der Waals surface area contributed by atoms with Gasteiger partial charge in [-0.25, -0.2) is 0 Å². The smallest absolute Gasteiger partial charge is 0.141 e. The number of aromatic nitrogens is 2. The molecule has 2 heterocycles. The molecule has 2 aromatic rings. The summed E-state index contributed by atoms with van der Waals surface area (Å²) in [5.74, 6) is 0.567. The van der Waals surface area contributed by atoms with E-state index in [1.165, 1.54) is 0 Å². The molecule has 0 radical (unpaired) electrons. The van der Waals surface area contributed by atoms with Crippen LogP contribution in [0, 0.1) is 32.1 Å². The molecule has 0 bridgehead atoms. The maximum Gasteiger partial charge on any atom is 0.141 e. The quantitative estimate of drug-likeness (QED) is 0.844. The van der Waals surface area contributed by atoms with Crippen molar-refractivity contribution in [3.63, 3.8) is 0 Å². The number of rotatable bonds is 3. The van der Waals surface area contributed by atoms with Crippen molar-refractivity contribution in [3.8, 4) is 11.8 Å². The Labute approximate surface area is 112 Å². The van der Waals surface area contributed by atoms with Gasteiger partial charge in [-0.05, 0) is 32.4 Å². The Morgan fingerprint density at radius 2 is 2.11 bits per heavy atom. The molecule has 0 N–H and O–H groups in total. The highest BCUT2D eigenvalue weighted by molar-refractivity contribution is 5.46. The molecular weight excluding hydrogens is 238 g/mol. The number of aryl methyl sites for hydroxylation is 3. The highest BCUT2D eigenvalue weighted by atomic mass is 16.5. The van der Waals surface area contributed by atoms with E-state index in [4.69, 9.17) is 10.00 Å². The van der Waals surface area contributed by atoms with E-state index >= 15 is 0 Å². The van der Waals surface area contributed by atoms with Gasteiger partial charge in [-0.15, -0.1) is 0 Å². The van der Waals surface area contributed by atoms with Gasteiger partial charge in [-0.2, -0.15) is 5.26 Å². The van der Waals surface area contributed by atoms with Gasteiger partial charge in [0.15, 0.2) is 0 Å². The zero-order valence-corrected chi connectivity index (χ0v) is 11.3. The van der Waals surface area contributed by atoms with Crippen molar-refractivity contribution >= 4 is 0 Å². The van der Waals surface area contributed by atoms with Crippen LogP contribution in [0.5, 0.6) is 5.75 Å². The van der Waals surface area contributed by atoms with Crippen LogP contribution >= 0.6 is 0 Å². The highest BCUT2D eigenvalue weighted by Gasteiger charge is 2.10. The molecule has 0 aliphatic rings. The Balaban J connectivity index is 2.25. The first-order chi connectivity index (χ1) is 9.11. The molecule has 0 saturated carbocycles. The van der Waals surface area contributed by atoms with E-state index in [1.54, 1.807) is 12.3 Å². The summed E-state index contributed by atoms with van der Waals surface area (Å²) in [6.07, 6.45) is 1.74. The zero-order valence-electron chi connectivity index (χ0n) is 11.3.